The van der Waals surface area contributed by atoms with Crippen LogP contribution in [0.3, 0.4) is 0 Å². The highest BCUT2D eigenvalue weighted by Crippen LogP contribution is 2.37. The molecule has 0 aliphatic carbocycles. The first kappa shape index (κ1) is 30.4. The van der Waals surface area contributed by atoms with Crippen molar-refractivity contribution in [2.45, 2.75) is 53.5 Å². The summed E-state index contributed by atoms with van der Waals surface area (Å²) in [5.74, 6) is -0.234. The Morgan fingerprint density at radius 1 is 1.13 bits per heavy atom. The molecule has 1 aromatic heterocycles. The van der Waals surface area contributed by atoms with Crippen molar-refractivity contribution in [3.8, 4) is 11.1 Å². The van der Waals surface area contributed by atoms with Gasteiger partial charge in [0.1, 0.15) is 5.84 Å². The number of nitrogens with two attached hydrogens (primary N) is 1. The molecule has 208 valence electrons. The van der Waals surface area contributed by atoms with Crippen LogP contribution in [0.1, 0.15) is 43.0 Å². The number of unbranched alkanes of at least 4 members (excludes halogenated alkanes) is 2. The van der Waals surface area contributed by atoms with Crippen molar-refractivity contribution in [2.24, 2.45) is 5.73 Å². The van der Waals surface area contributed by atoms with E-state index in [9.17, 15) is 13.8 Å². The van der Waals surface area contributed by atoms with Crippen molar-refractivity contribution < 1.29 is 18.5 Å². The van der Waals surface area contributed by atoms with Crippen LogP contribution in [0.5, 0.6) is 0 Å². The largest absolute Gasteiger partial charge is 0.466 e. The van der Waals surface area contributed by atoms with E-state index in [1.165, 1.54) is 23.1 Å². The van der Waals surface area contributed by atoms with Crippen LogP contribution in [0, 0.1) is 12.3 Å². The number of thioether (sulfide) groups is 1. The highest BCUT2D eigenvalue weighted by molar-refractivity contribution is 8.01. The number of anilines is 1. The Morgan fingerprint density at radius 3 is 2.62 bits per heavy atom. The zero-order chi connectivity index (χ0) is 28.4. The molecule has 2 amide bonds. The lowest BCUT2D eigenvalue weighted by Gasteiger charge is -2.15. The number of nitrogen functional groups attached to an aromatic ring is 1. The van der Waals surface area contributed by atoms with Gasteiger partial charge in [-0.25, -0.2) is 9.00 Å². The minimum absolute atomic E-state index is 0.0436. The number of nitrogens with one attached hydrogen (secondary N) is 3. The van der Waals surface area contributed by atoms with Gasteiger partial charge in [-0.1, -0.05) is 30.7 Å². The first-order chi connectivity index (χ1) is 18.7. The molecular weight excluding hydrogens is 553 g/mol. The average molecular weight is 587 g/mol. The van der Waals surface area contributed by atoms with E-state index in [1.807, 2.05) is 55.6 Å². The monoisotopic (exact) mass is 586 g/mol. The molecule has 1 atom stereocenters. The van der Waals surface area contributed by atoms with Gasteiger partial charge in [0.25, 0.3) is 0 Å². The molecule has 1 heterocycles. The average Bonchev–Trinajstić information content (AvgIpc) is 3.35. The van der Waals surface area contributed by atoms with Crippen molar-refractivity contribution in [1.82, 2.24) is 5.32 Å². The fourth-order valence-corrected chi connectivity index (χ4v) is 7.46. The van der Waals surface area contributed by atoms with E-state index in [1.54, 1.807) is 13.0 Å². The molecule has 11 heteroatoms. The van der Waals surface area contributed by atoms with E-state index in [2.05, 4.69) is 10.6 Å². The molecule has 8 nitrogen and oxygen atoms in total. The number of hydrogen-bond acceptors (Lipinski definition) is 7. The van der Waals surface area contributed by atoms with Crippen molar-refractivity contribution in [1.29, 1.82) is 5.41 Å². The van der Waals surface area contributed by atoms with Crippen LogP contribution in [-0.4, -0.2) is 41.5 Å². The summed E-state index contributed by atoms with van der Waals surface area (Å²) in [7, 11) is -1.46. The second-order valence-corrected chi connectivity index (χ2v) is 12.2. The van der Waals surface area contributed by atoms with Crippen LogP contribution < -0.4 is 16.4 Å². The standard InChI is InChI=1S/C28H34N4O4S3/c1-4-36-24(33)14-6-5-7-15-31-28(34)32-21-13-8-10-18(2)25(21)19-11-9-12-20(16-19)39(35)23-17-22(26(29)30)38-27(23)37-3/h8-13,16-17H,4-7,14-15H2,1-3H3,(H3,29,30)(H2,31,32,34). The smallest absolute Gasteiger partial charge is 0.319 e. The van der Waals surface area contributed by atoms with Gasteiger partial charge in [0.15, 0.2) is 0 Å². The van der Waals surface area contributed by atoms with Gasteiger partial charge >= 0.3 is 12.0 Å². The lowest BCUT2D eigenvalue weighted by atomic mass is 9.98. The van der Waals surface area contributed by atoms with Gasteiger partial charge in [-0.15, -0.1) is 23.1 Å². The first-order valence-electron chi connectivity index (χ1n) is 12.6. The molecule has 0 aliphatic rings. The van der Waals surface area contributed by atoms with Gasteiger partial charge < -0.3 is 21.1 Å². The predicted octanol–water partition coefficient (Wildman–Crippen LogP) is 6.14. The SMILES string of the molecule is CCOC(=O)CCCCCNC(=O)Nc1cccc(C)c1-c1cccc(S(=O)c2cc(C(=N)N)sc2SC)c1. The number of rotatable bonds is 13. The molecule has 0 saturated heterocycles. The highest BCUT2D eigenvalue weighted by Gasteiger charge is 2.19. The molecule has 3 rings (SSSR count). The second-order valence-electron chi connectivity index (χ2n) is 8.67. The number of thiophene rings is 1. The maximum Gasteiger partial charge on any atom is 0.319 e. The number of urea groups is 1. The Labute approximate surface area is 240 Å². The first-order valence-corrected chi connectivity index (χ1v) is 15.8. The number of benzene rings is 2. The third-order valence-electron chi connectivity index (χ3n) is 5.82. The molecule has 0 saturated carbocycles. The van der Waals surface area contributed by atoms with Crippen LogP contribution in [0.2, 0.25) is 0 Å². The number of ether oxygens (including phenoxy) is 1. The topological polar surface area (TPSA) is 134 Å². The summed E-state index contributed by atoms with van der Waals surface area (Å²) >= 11 is 2.84. The summed E-state index contributed by atoms with van der Waals surface area (Å²) in [6, 6.07) is 14.6. The number of carbonyl (C=O) groups is 2. The fourth-order valence-electron chi connectivity index (χ4n) is 3.98. The number of aryl methyl sites for hydroxylation is 1. The summed E-state index contributed by atoms with van der Waals surface area (Å²) in [5.41, 5.74) is 8.96. The lowest BCUT2D eigenvalue weighted by molar-refractivity contribution is -0.143. The maximum absolute atomic E-state index is 13.5. The summed E-state index contributed by atoms with van der Waals surface area (Å²) < 4.78 is 19.3. The molecule has 0 radical (unpaired) electrons. The molecule has 0 bridgehead atoms. The van der Waals surface area contributed by atoms with Gasteiger partial charge in [-0.3, -0.25) is 10.2 Å². The fraction of sp³-hybridized carbons (Fsp3) is 0.321. The van der Waals surface area contributed by atoms with Crippen LogP contribution in [-0.2, 0) is 20.3 Å². The Balaban J connectivity index is 1.71. The molecule has 5 N–H and O–H groups in total. The van der Waals surface area contributed by atoms with Crippen LogP contribution in [0.4, 0.5) is 10.5 Å². The number of amidine groups is 1. The molecule has 3 aromatic rings. The van der Waals surface area contributed by atoms with E-state index in [4.69, 9.17) is 15.9 Å². The maximum atomic E-state index is 13.5. The van der Waals surface area contributed by atoms with Crippen molar-refractivity contribution in [2.75, 3.05) is 24.7 Å². The van der Waals surface area contributed by atoms with Crippen LogP contribution in [0.15, 0.2) is 62.5 Å². The van der Waals surface area contributed by atoms with Gasteiger partial charge in [0.2, 0.25) is 0 Å². The van der Waals surface area contributed by atoms with Gasteiger partial charge in [0, 0.05) is 23.4 Å². The summed E-state index contributed by atoms with van der Waals surface area (Å²) in [5, 5.41) is 13.6. The van der Waals surface area contributed by atoms with Crippen molar-refractivity contribution in [3.63, 3.8) is 0 Å². The minimum atomic E-state index is -1.46. The van der Waals surface area contributed by atoms with Crippen molar-refractivity contribution in [3.05, 3.63) is 59.0 Å². The Bertz CT molecular complexity index is 1360. The molecular formula is C28H34N4O4S3. The van der Waals surface area contributed by atoms with Gasteiger partial charge in [0.05, 0.1) is 37.1 Å². The lowest BCUT2D eigenvalue weighted by Crippen LogP contribution is -2.29. The Kier molecular flexibility index (Phi) is 11.6. The quantitative estimate of drug-likeness (QED) is 0.0625. The highest BCUT2D eigenvalue weighted by atomic mass is 32.2. The molecule has 0 spiro atoms. The third kappa shape index (κ3) is 8.42. The van der Waals surface area contributed by atoms with Crippen molar-refractivity contribution >= 4 is 57.4 Å². The van der Waals surface area contributed by atoms with Crippen LogP contribution >= 0.6 is 23.1 Å². The van der Waals surface area contributed by atoms with E-state index in [0.717, 1.165) is 40.2 Å². The van der Waals surface area contributed by atoms with Crippen LogP contribution in [0.25, 0.3) is 11.1 Å². The van der Waals surface area contributed by atoms with E-state index < -0.39 is 10.8 Å². The Hall–Kier alpha value is -3.15. The second kappa shape index (κ2) is 14.9. The number of carbonyl (C=O) groups excluding carboxylic acids is 2. The zero-order valence-corrected chi connectivity index (χ0v) is 24.7. The van der Waals surface area contributed by atoms with Gasteiger partial charge in [-0.05, 0) is 68.3 Å². The molecule has 1 unspecified atom stereocenters. The number of hydrogen-bond donors (Lipinski definition) is 4. The summed E-state index contributed by atoms with van der Waals surface area (Å²) in [6.45, 7) is 4.63. The predicted molar refractivity (Wildman–Crippen MR) is 161 cm³/mol. The van der Waals surface area contributed by atoms with E-state index in [0.29, 0.717) is 39.9 Å². The Morgan fingerprint density at radius 2 is 1.90 bits per heavy atom. The molecule has 2 aromatic carbocycles. The number of amides is 2. The number of esters is 1. The van der Waals surface area contributed by atoms with E-state index >= 15 is 0 Å². The normalized spacial score (nSPS) is 11.6. The molecule has 0 fully saturated rings. The molecule has 39 heavy (non-hydrogen) atoms. The third-order valence-corrected chi connectivity index (χ3v) is 9.79. The van der Waals surface area contributed by atoms with Gasteiger partial charge in [-0.2, -0.15) is 0 Å². The zero-order valence-electron chi connectivity index (χ0n) is 22.3. The molecule has 0 aliphatic heterocycles. The van der Waals surface area contributed by atoms with E-state index in [-0.39, 0.29) is 17.8 Å². The summed E-state index contributed by atoms with van der Waals surface area (Å²) in [6.07, 6.45) is 4.59. The minimum Gasteiger partial charge on any atom is -0.466 e. The summed E-state index contributed by atoms with van der Waals surface area (Å²) in [4.78, 5) is 25.9.